The van der Waals surface area contributed by atoms with Crippen LogP contribution >= 0.6 is 11.6 Å². The summed E-state index contributed by atoms with van der Waals surface area (Å²) in [4.78, 5) is 0. The summed E-state index contributed by atoms with van der Waals surface area (Å²) >= 11 is 6.05. The first-order chi connectivity index (χ1) is 6.63. The number of hydrogen-bond acceptors (Lipinski definition) is 1. The van der Waals surface area contributed by atoms with Crippen molar-refractivity contribution in [2.45, 2.75) is 44.9 Å². The van der Waals surface area contributed by atoms with Crippen molar-refractivity contribution < 1.29 is 0 Å². The molecule has 80 valence electrons. The lowest BCUT2D eigenvalue weighted by molar-refractivity contribution is 0.634. The van der Waals surface area contributed by atoms with Gasteiger partial charge in [0.25, 0.3) is 0 Å². The van der Waals surface area contributed by atoms with E-state index in [1.807, 2.05) is 18.7 Å². The van der Waals surface area contributed by atoms with Crippen molar-refractivity contribution in [3.63, 3.8) is 0 Å². The molecule has 14 heavy (non-hydrogen) atoms. The van der Waals surface area contributed by atoms with Gasteiger partial charge in [0.2, 0.25) is 0 Å². The van der Waals surface area contributed by atoms with Gasteiger partial charge in [-0.25, -0.2) is 0 Å². The molecule has 0 aliphatic rings. The highest BCUT2D eigenvalue weighted by atomic mass is 35.5. The van der Waals surface area contributed by atoms with Crippen LogP contribution in [0.25, 0.3) is 0 Å². The highest BCUT2D eigenvalue weighted by molar-refractivity contribution is 6.20. The van der Waals surface area contributed by atoms with E-state index >= 15 is 0 Å². The van der Waals surface area contributed by atoms with Crippen LogP contribution in [0, 0.1) is 6.92 Å². The van der Waals surface area contributed by atoms with Crippen LogP contribution in [-0.2, 0) is 13.5 Å². The average molecular weight is 215 g/mol. The lowest BCUT2D eigenvalue weighted by atomic mass is 10.1. The molecule has 1 unspecified atom stereocenters. The summed E-state index contributed by atoms with van der Waals surface area (Å²) in [6.45, 7) is 4.16. The van der Waals surface area contributed by atoms with Gasteiger partial charge >= 0.3 is 0 Å². The van der Waals surface area contributed by atoms with Crippen molar-refractivity contribution in [2.24, 2.45) is 7.05 Å². The molecular formula is C11H19ClN2. The Bertz CT molecular complexity index is 281. The minimum absolute atomic E-state index is 0.337. The second-order valence-corrected chi connectivity index (χ2v) is 4.42. The first-order valence-corrected chi connectivity index (χ1v) is 5.70. The summed E-state index contributed by atoms with van der Waals surface area (Å²) in [6, 6.07) is 2.15. The largest absolute Gasteiger partial charge is 0.272 e. The molecule has 0 bridgehead atoms. The Morgan fingerprint density at radius 1 is 1.57 bits per heavy atom. The van der Waals surface area contributed by atoms with E-state index in [9.17, 15) is 0 Å². The average Bonchev–Trinajstić information content (AvgIpc) is 2.45. The fourth-order valence-corrected chi connectivity index (χ4v) is 1.76. The van der Waals surface area contributed by atoms with E-state index < -0.39 is 0 Å². The molecule has 1 heterocycles. The summed E-state index contributed by atoms with van der Waals surface area (Å²) < 4.78 is 1.96. The summed E-state index contributed by atoms with van der Waals surface area (Å²) in [5, 5.41) is 4.65. The molecule has 3 heteroatoms. The molecule has 1 atom stereocenters. The van der Waals surface area contributed by atoms with Crippen molar-refractivity contribution >= 4 is 11.6 Å². The molecule has 2 nitrogen and oxygen atoms in total. The topological polar surface area (TPSA) is 17.8 Å². The zero-order valence-corrected chi connectivity index (χ0v) is 10.0. The molecule has 1 rings (SSSR count). The summed E-state index contributed by atoms with van der Waals surface area (Å²) in [5.74, 6) is 0. The number of hydrogen-bond donors (Lipinski definition) is 0. The third kappa shape index (κ3) is 3.33. The first-order valence-electron chi connectivity index (χ1n) is 5.27. The van der Waals surface area contributed by atoms with Crippen LogP contribution in [0.3, 0.4) is 0 Å². The SMILES string of the molecule is CCC(Cl)CCCc1cc(C)nn1C. The van der Waals surface area contributed by atoms with E-state index in [1.54, 1.807) is 0 Å². The van der Waals surface area contributed by atoms with Crippen molar-refractivity contribution in [1.82, 2.24) is 9.78 Å². The molecule has 0 spiro atoms. The number of aromatic nitrogens is 2. The minimum Gasteiger partial charge on any atom is -0.272 e. The van der Waals surface area contributed by atoms with Crippen LogP contribution in [-0.4, -0.2) is 15.2 Å². The zero-order chi connectivity index (χ0) is 10.6. The van der Waals surface area contributed by atoms with Gasteiger partial charge in [-0.15, -0.1) is 11.6 Å². The summed E-state index contributed by atoms with van der Waals surface area (Å²) in [6.07, 6.45) is 4.40. The van der Waals surface area contributed by atoms with Gasteiger partial charge < -0.3 is 0 Å². The Kier molecular flexibility index (Phi) is 4.46. The summed E-state index contributed by atoms with van der Waals surface area (Å²) in [5.41, 5.74) is 2.41. The van der Waals surface area contributed by atoms with E-state index in [2.05, 4.69) is 18.1 Å². The van der Waals surface area contributed by atoms with Gasteiger partial charge in [-0.3, -0.25) is 4.68 Å². The monoisotopic (exact) mass is 214 g/mol. The third-order valence-electron chi connectivity index (χ3n) is 2.49. The first kappa shape index (κ1) is 11.6. The Hall–Kier alpha value is -0.500. The standard InChI is InChI=1S/C11H19ClN2/c1-4-10(12)6-5-7-11-8-9(2)13-14(11)3/h8,10H,4-7H2,1-3H3. The highest BCUT2D eigenvalue weighted by Crippen LogP contribution is 2.12. The van der Waals surface area contributed by atoms with Crippen LogP contribution in [0.4, 0.5) is 0 Å². The Morgan fingerprint density at radius 2 is 2.29 bits per heavy atom. The minimum atomic E-state index is 0.337. The number of alkyl halides is 1. The lowest BCUT2D eigenvalue weighted by Crippen LogP contribution is -2.01. The number of halogens is 1. The molecule has 0 fully saturated rings. The van der Waals surface area contributed by atoms with Gasteiger partial charge in [-0.2, -0.15) is 5.10 Å². The van der Waals surface area contributed by atoms with Gasteiger partial charge in [0.1, 0.15) is 0 Å². The van der Waals surface area contributed by atoms with E-state index in [-0.39, 0.29) is 0 Å². The molecule has 1 aromatic rings. The number of rotatable bonds is 5. The molecule has 0 amide bonds. The molecule has 0 aromatic carbocycles. The van der Waals surface area contributed by atoms with Gasteiger partial charge in [0, 0.05) is 18.1 Å². The van der Waals surface area contributed by atoms with Gasteiger partial charge in [0.15, 0.2) is 0 Å². The van der Waals surface area contributed by atoms with Crippen molar-refractivity contribution in [3.8, 4) is 0 Å². The molecule has 1 aromatic heterocycles. The molecule has 0 aliphatic carbocycles. The zero-order valence-electron chi connectivity index (χ0n) is 9.26. The number of nitrogens with zero attached hydrogens (tertiary/aromatic N) is 2. The van der Waals surface area contributed by atoms with Crippen LogP contribution in [0.5, 0.6) is 0 Å². The Labute approximate surface area is 91.3 Å². The maximum atomic E-state index is 6.05. The van der Waals surface area contributed by atoms with Gasteiger partial charge in [-0.05, 0) is 38.7 Å². The summed E-state index contributed by atoms with van der Waals surface area (Å²) in [7, 11) is 2.00. The van der Waals surface area contributed by atoms with Crippen molar-refractivity contribution in [2.75, 3.05) is 0 Å². The fourth-order valence-electron chi connectivity index (χ4n) is 1.61. The van der Waals surface area contributed by atoms with Crippen LogP contribution in [0.1, 0.15) is 37.6 Å². The Morgan fingerprint density at radius 3 is 2.79 bits per heavy atom. The van der Waals surface area contributed by atoms with E-state index in [4.69, 9.17) is 11.6 Å². The number of aryl methyl sites for hydroxylation is 3. The third-order valence-corrected chi connectivity index (χ3v) is 3.02. The van der Waals surface area contributed by atoms with Gasteiger partial charge in [0.05, 0.1) is 5.69 Å². The van der Waals surface area contributed by atoms with Crippen molar-refractivity contribution in [3.05, 3.63) is 17.5 Å². The molecule has 0 aliphatic heterocycles. The molecule has 0 saturated carbocycles. The Balaban J connectivity index is 2.34. The molecule has 0 N–H and O–H groups in total. The van der Waals surface area contributed by atoms with Crippen molar-refractivity contribution in [1.29, 1.82) is 0 Å². The smallest absolute Gasteiger partial charge is 0.0596 e. The van der Waals surface area contributed by atoms with Crippen LogP contribution < -0.4 is 0 Å². The lowest BCUT2D eigenvalue weighted by Gasteiger charge is -2.05. The fraction of sp³-hybridized carbons (Fsp3) is 0.727. The normalized spacial score (nSPS) is 13.1. The van der Waals surface area contributed by atoms with E-state index in [1.165, 1.54) is 5.69 Å². The molecule has 0 saturated heterocycles. The van der Waals surface area contributed by atoms with Crippen LogP contribution in [0.15, 0.2) is 6.07 Å². The predicted octanol–water partition coefficient (Wildman–Crippen LogP) is 3.07. The maximum Gasteiger partial charge on any atom is 0.0596 e. The highest BCUT2D eigenvalue weighted by Gasteiger charge is 2.04. The van der Waals surface area contributed by atoms with Crippen LogP contribution in [0.2, 0.25) is 0 Å². The molecular weight excluding hydrogens is 196 g/mol. The van der Waals surface area contributed by atoms with E-state index in [0.717, 1.165) is 31.4 Å². The predicted molar refractivity (Wildman–Crippen MR) is 60.8 cm³/mol. The quantitative estimate of drug-likeness (QED) is 0.689. The second-order valence-electron chi connectivity index (χ2n) is 3.80. The van der Waals surface area contributed by atoms with E-state index in [0.29, 0.717) is 5.38 Å². The second kappa shape index (κ2) is 5.40. The maximum absolute atomic E-state index is 6.05. The molecule has 0 radical (unpaired) electrons. The van der Waals surface area contributed by atoms with Gasteiger partial charge in [-0.1, -0.05) is 6.92 Å².